The summed E-state index contributed by atoms with van der Waals surface area (Å²) in [6.45, 7) is 7.53. The molecular formula is C15H24N4. The van der Waals surface area contributed by atoms with Crippen LogP contribution in [0.15, 0.2) is 6.20 Å². The topological polar surface area (TPSA) is 41.1 Å². The molecule has 0 amide bonds. The van der Waals surface area contributed by atoms with Gasteiger partial charge in [0.25, 0.3) is 0 Å². The summed E-state index contributed by atoms with van der Waals surface area (Å²) in [4.78, 5) is 11.6. The molecule has 0 unspecified atom stereocenters. The molecule has 0 radical (unpaired) electrons. The standard InChI is InChI=1S/C15H24N4/c1-11-5-7-19(8-6-11)15-17-10-13(12(2)18-15)9-16-14-3-4-14/h10-11,14,16H,3-9H2,1-2H3. The summed E-state index contributed by atoms with van der Waals surface area (Å²) >= 11 is 0. The summed E-state index contributed by atoms with van der Waals surface area (Å²) in [6, 6.07) is 0.739. The van der Waals surface area contributed by atoms with E-state index in [1.165, 1.54) is 31.2 Å². The van der Waals surface area contributed by atoms with Gasteiger partial charge in [-0.05, 0) is 38.5 Å². The SMILES string of the molecule is Cc1nc(N2CCC(C)CC2)ncc1CNC1CC1. The van der Waals surface area contributed by atoms with Gasteiger partial charge in [0.15, 0.2) is 0 Å². The Kier molecular flexibility index (Phi) is 3.69. The lowest BCUT2D eigenvalue weighted by Gasteiger charge is -2.30. The van der Waals surface area contributed by atoms with E-state index in [0.717, 1.165) is 43.2 Å². The van der Waals surface area contributed by atoms with Crippen molar-refractivity contribution in [2.24, 2.45) is 5.92 Å². The van der Waals surface area contributed by atoms with Crippen LogP contribution in [0.3, 0.4) is 0 Å². The minimum absolute atomic E-state index is 0.739. The van der Waals surface area contributed by atoms with Gasteiger partial charge in [-0.15, -0.1) is 0 Å². The summed E-state index contributed by atoms with van der Waals surface area (Å²) in [6.07, 6.45) is 7.17. The Labute approximate surface area is 115 Å². The van der Waals surface area contributed by atoms with Gasteiger partial charge in [0, 0.05) is 43.1 Å². The fraction of sp³-hybridized carbons (Fsp3) is 0.733. The Hall–Kier alpha value is -1.16. The fourth-order valence-electron chi connectivity index (χ4n) is 2.56. The van der Waals surface area contributed by atoms with Crippen molar-refractivity contribution in [3.8, 4) is 0 Å². The van der Waals surface area contributed by atoms with Gasteiger partial charge in [0.2, 0.25) is 5.95 Å². The molecule has 19 heavy (non-hydrogen) atoms. The first-order chi connectivity index (χ1) is 9.22. The Morgan fingerprint density at radius 2 is 2.00 bits per heavy atom. The molecule has 1 aromatic rings. The third kappa shape index (κ3) is 3.24. The number of aromatic nitrogens is 2. The number of aryl methyl sites for hydroxylation is 1. The number of hydrogen-bond acceptors (Lipinski definition) is 4. The van der Waals surface area contributed by atoms with E-state index in [-0.39, 0.29) is 0 Å². The second-order valence-electron chi connectivity index (χ2n) is 6.11. The summed E-state index contributed by atoms with van der Waals surface area (Å²) in [7, 11) is 0. The van der Waals surface area contributed by atoms with Crippen LogP contribution in [-0.4, -0.2) is 29.1 Å². The molecule has 1 aliphatic heterocycles. The molecule has 0 spiro atoms. The predicted molar refractivity (Wildman–Crippen MR) is 77.2 cm³/mol. The lowest BCUT2D eigenvalue weighted by molar-refractivity contribution is 0.434. The van der Waals surface area contributed by atoms with Gasteiger partial charge >= 0.3 is 0 Å². The van der Waals surface area contributed by atoms with E-state index >= 15 is 0 Å². The lowest BCUT2D eigenvalue weighted by Crippen LogP contribution is -2.34. The summed E-state index contributed by atoms with van der Waals surface area (Å²) in [5, 5.41) is 3.52. The van der Waals surface area contributed by atoms with Crippen LogP contribution in [0.2, 0.25) is 0 Å². The quantitative estimate of drug-likeness (QED) is 0.901. The minimum atomic E-state index is 0.739. The summed E-state index contributed by atoms with van der Waals surface area (Å²) < 4.78 is 0. The average molecular weight is 260 g/mol. The second-order valence-corrected chi connectivity index (χ2v) is 6.11. The van der Waals surface area contributed by atoms with Crippen LogP contribution < -0.4 is 10.2 Å². The van der Waals surface area contributed by atoms with Crippen LogP contribution in [0, 0.1) is 12.8 Å². The summed E-state index contributed by atoms with van der Waals surface area (Å²) in [5.41, 5.74) is 2.36. The highest BCUT2D eigenvalue weighted by Gasteiger charge is 2.21. The van der Waals surface area contributed by atoms with Gasteiger partial charge in [0.1, 0.15) is 0 Å². The smallest absolute Gasteiger partial charge is 0.225 e. The molecule has 0 aromatic carbocycles. The lowest BCUT2D eigenvalue weighted by atomic mass is 10.00. The third-order valence-corrected chi connectivity index (χ3v) is 4.29. The number of nitrogens with zero attached hydrogens (tertiary/aromatic N) is 3. The van der Waals surface area contributed by atoms with Gasteiger partial charge in [-0.2, -0.15) is 0 Å². The van der Waals surface area contributed by atoms with Crippen LogP contribution in [0.5, 0.6) is 0 Å². The Morgan fingerprint density at radius 1 is 1.26 bits per heavy atom. The molecule has 2 heterocycles. The van der Waals surface area contributed by atoms with E-state index in [9.17, 15) is 0 Å². The van der Waals surface area contributed by atoms with Crippen molar-refractivity contribution in [3.63, 3.8) is 0 Å². The Morgan fingerprint density at radius 3 is 2.63 bits per heavy atom. The molecule has 0 atom stereocenters. The minimum Gasteiger partial charge on any atom is -0.341 e. The van der Waals surface area contributed by atoms with Crippen LogP contribution in [0.4, 0.5) is 5.95 Å². The fourth-order valence-corrected chi connectivity index (χ4v) is 2.56. The van der Waals surface area contributed by atoms with E-state index in [4.69, 9.17) is 4.98 Å². The number of rotatable bonds is 4. The van der Waals surface area contributed by atoms with Gasteiger partial charge < -0.3 is 10.2 Å². The van der Waals surface area contributed by atoms with Crippen molar-refractivity contribution < 1.29 is 0 Å². The zero-order valence-electron chi connectivity index (χ0n) is 12.0. The van der Waals surface area contributed by atoms with Crippen LogP contribution in [-0.2, 0) is 6.54 Å². The highest BCUT2D eigenvalue weighted by atomic mass is 15.3. The number of anilines is 1. The molecule has 0 bridgehead atoms. The molecule has 1 aromatic heterocycles. The largest absolute Gasteiger partial charge is 0.341 e. The number of piperidine rings is 1. The van der Waals surface area contributed by atoms with Crippen LogP contribution in [0.1, 0.15) is 43.9 Å². The van der Waals surface area contributed by atoms with E-state index in [1.807, 2.05) is 6.20 Å². The summed E-state index contributed by atoms with van der Waals surface area (Å²) in [5.74, 6) is 1.76. The molecule has 4 heteroatoms. The normalized spacial score (nSPS) is 20.8. The van der Waals surface area contributed by atoms with E-state index < -0.39 is 0 Å². The maximum atomic E-state index is 4.70. The molecule has 2 fully saturated rings. The van der Waals surface area contributed by atoms with Gasteiger partial charge in [-0.25, -0.2) is 9.97 Å². The highest BCUT2D eigenvalue weighted by molar-refractivity contribution is 5.33. The average Bonchev–Trinajstić information content (AvgIpc) is 3.22. The van der Waals surface area contributed by atoms with E-state index in [0.29, 0.717) is 0 Å². The zero-order valence-corrected chi connectivity index (χ0v) is 12.0. The number of hydrogen-bond donors (Lipinski definition) is 1. The first-order valence-electron chi connectivity index (χ1n) is 7.53. The van der Waals surface area contributed by atoms with E-state index in [2.05, 4.69) is 29.0 Å². The van der Waals surface area contributed by atoms with E-state index in [1.54, 1.807) is 0 Å². The van der Waals surface area contributed by atoms with Crippen molar-refractivity contribution in [2.75, 3.05) is 18.0 Å². The molecule has 1 saturated heterocycles. The van der Waals surface area contributed by atoms with Crippen molar-refractivity contribution in [2.45, 2.75) is 52.1 Å². The molecule has 1 saturated carbocycles. The molecule has 1 aliphatic carbocycles. The molecule has 3 rings (SSSR count). The van der Waals surface area contributed by atoms with Crippen LogP contribution >= 0.6 is 0 Å². The van der Waals surface area contributed by atoms with Crippen molar-refractivity contribution >= 4 is 5.95 Å². The van der Waals surface area contributed by atoms with Crippen molar-refractivity contribution in [3.05, 3.63) is 17.5 Å². The number of nitrogens with one attached hydrogen (secondary N) is 1. The van der Waals surface area contributed by atoms with Gasteiger partial charge in [0.05, 0.1) is 0 Å². The second kappa shape index (κ2) is 5.45. The predicted octanol–water partition coefficient (Wildman–Crippen LogP) is 2.27. The first kappa shape index (κ1) is 12.9. The van der Waals surface area contributed by atoms with Crippen LogP contribution in [0.25, 0.3) is 0 Å². The van der Waals surface area contributed by atoms with Crippen molar-refractivity contribution in [1.29, 1.82) is 0 Å². The monoisotopic (exact) mass is 260 g/mol. The highest BCUT2D eigenvalue weighted by Crippen LogP contribution is 2.22. The molecule has 104 valence electrons. The molecule has 4 nitrogen and oxygen atoms in total. The van der Waals surface area contributed by atoms with Gasteiger partial charge in [-0.1, -0.05) is 6.92 Å². The third-order valence-electron chi connectivity index (χ3n) is 4.29. The Bertz CT molecular complexity index is 434. The molecular weight excluding hydrogens is 236 g/mol. The molecule has 2 aliphatic rings. The Balaban J connectivity index is 1.64. The van der Waals surface area contributed by atoms with Crippen molar-refractivity contribution in [1.82, 2.24) is 15.3 Å². The zero-order chi connectivity index (χ0) is 13.2. The first-order valence-corrected chi connectivity index (χ1v) is 7.53. The van der Waals surface area contributed by atoms with Gasteiger partial charge in [-0.3, -0.25) is 0 Å². The maximum absolute atomic E-state index is 4.70. The maximum Gasteiger partial charge on any atom is 0.225 e. The molecule has 1 N–H and O–H groups in total.